The lowest BCUT2D eigenvalue weighted by atomic mass is 9.87. The van der Waals surface area contributed by atoms with Crippen LogP contribution in [0.5, 0.6) is 5.88 Å². The Labute approximate surface area is 230 Å². The van der Waals surface area contributed by atoms with Gasteiger partial charge in [-0.05, 0) is 30.2 Å². The molecule has 4 fully saturated rings. The van der Waals surface area contributed by atoms with Gasteiger partial charge in [-0.25, -0.2) is 14.5 Å². The van der Waals surface area contributed by atoms with E-state index in [1.54, 1.807) is 7.11 Å². The number of H-pyrrole nitrogens is 1. The Morgan fingerprint density at radius 1 is 1.02 bits per heavy atom. The molecule has 2 bridgehead atoms. The molecule has 0 spiro atoms. The van der Waals surface area contributed by atoms with Crippen LogP contribution in [-0.2, 0) is 6.54 Å². The molecule has 11 nitrogen and oxygen atoms in total. The van der Waals surface area contributed by atoms with Crippen LogP contribution in [0.1, 0.15) is 12.0 Å². The fourth-order valence-corrected chi connectivity index (χ4v) is 6.42. The van der Waals surface area contributed by atoms with E-state index in [1.165, 1.54) is 12.0 Å². The first-order valence-electron chi connectivity index (χ1n) is 13.6. The molecule has 0 amide bonds. The molecule has 9 heterocycles. The molecule has 1 N–H and O–H groups in total. The van der Waals surface area contributed by atoms with E-state index >= 15 is 0 Å². The third-order valence-electron chi connectivity index (χ3n) is 8.64. The smallest absolute Gasteiger partial charge is 0.212 e. The van der Waals surface area contributed by atoms with Gasteiger partial charge < -0.3 is 14.5 Å². The molecule has 0 aromatic carbocycles. The highest BCUT2D eigenvalue weighted by Crippen LogP contribution is 2.38. The van der Waals surface area contributed by atoms with Gasteiger partial charge in [-0.3, -0.25) is 10.00 Å². The van der Waals surface area contributed by atoms with Crippen molar-refractivity contribution in [3.05, 3.63) is 60.7 Å². The normalized spacial score (nSPS) is 20.9. The number of aromatic nitrogens is 6. The van der Waals surface area contributed by atoms with Crippen LogP contribution in [0.4, 0.5) is 11.5 Å². The van der Waals surface area contributed by atoms with Crippen molar-refractivity contribution in [3.63, 3.8) is 0 Å². The SMILES string of the molecule is COc1ccc(CN2C3CC2CN(c2ccc(-c4cc(N5CC(C#N)C5)cn5nc6[nH]ncc6c45)cn2)C3)cn1. The van der Waals surface area contributed by atoms with E-state index < -0.39 is 0 Å². The second-order valence-corrected chi connectivity index (χ2v) is 11.0. The number of hydrogen-bond donors (Lipinski definition) is 1. The van der Waals surface area contributed by atoms with Crippen molar-refractivity contribution in [2.24, 2.45) is 5.92 Å². The van der Waals surface area contributed by atoms with Crippen molar-refractivity contribution in [3.8, 4) is 23.1 Å². The van der Waals surface area contributed by atoms with Crippen LogP contribution in [0.15, 0.2) is 55.1 Å². The van der Waals surface area contributed by atoms with Gasteiger partial charge in [0.1, 0.15) is 5.82 Å². The lowest BCUT2D eigenvalue weighted by Crippen LogP contribution is -2.68. The van der Waals surface area contributed by atoms with Gasteiger partial charge in [-0.1, -0.05) is 6.07 Å². The predicted octanol–water partition coefficient (Wildman–Crippen LogP) is 3.10. The van der Waals surface area contributed by atoms with Crippen molar-refractivity contribution in [1.29, 1.82) is 5.26 Å². The molecule has 5 aromatic rings. The number of rotatable bonds is 6. The average Bonchev–Trinajstić information content (AvgIpc) is 3.57. The molecule has 5 aromatic heterocycles. The van der Waals surface area contributed by atoms with Crippen molar-refractivity contribution >= 4 is 28.1 Å². The fourth-order valence-electron chi connectivity index (χ4n) is 6.42. The van der Waals surface area contributed by atoms with Gasteiger partial charge in [0.05, 0.1) is 48.1 Å². The number of piperidine rings is 1. The molecule has 4 aliphatic rings. The zero-order chi connectivity index (χ0) is 26.8. The number of ether oxygens (including phenoxy) is 1. The summed E-state index contributed by atoms with van der Waals surface area (Å²) >= 11 is 0. The molecule has 2 atom stereocenters. The number of aromatic amines is 1. The Morgan fingerprint density at radius 3 is 2.62 bits per heavy atom. The van der Waals surface area contributed by atoms with Crippen LogP contribution in [-0.4, -0.2) is 80.1 Å². The Balaban J connectivity index is 1.04. The van der Waals surface area contributed by atoms with E-state index in [1.807, 2.05) is 35.4 Å². The van der Waals surface area contributed by atoms with E-state index in [4.69, 9.17) is 14.8 Å². The molecule has 11 heteroatoms. The molecule has 4 saturated heterocycles. The predicted molar refractivity (Wildman–Crippen MR) is 150 cm³/mol. The molecule has 0 radical (unpaired) electrons. The summed E-state index contributed by atoms with van der Waals surface area (Å²) in [5, 5.41) is 22.1. The van der Waals surface area contributed by atoms with Gasteiger partial charge >= 0.3 is 0 Å². The minimum atomic E-state index is 0.0797. The Bertz CT molecular complexity index is 1730. The van der Waals surface area contributed by atoms with Crippen LogP contribution in [0, 0.1) is 17.2 Å². The van der Waals surface area contributed by atoms with Crippen molar-refractivity contribution < 1.29 is 4.74 Å². The third kappa shape index (κ3) is 3.67. The number of hydrogen-bond acceptors (Lipinski definition) is 9. The zero-order valence-electron chi connectivity index (χ0n) is 22.1. The van der Waals surface area contributed by atoms with Gasteiger partial charge in [-0.15, -0.1) is 5.10 Å². The van der Waals surface area contributed by atoms with Crippen LogP contribution < -0.4 is 14.5 Å². The highest BCUT2D eigenvalue weighted by molar-refractivity contribution is 6.01. The maximum absolute atomic E-state index is 9.25. The standard InChI is InChI=1S/C29H28N10O/c1-40-27-5-2-18(9-32-27)14-38-22-6-23(38)16-37(15-22)26-4-3-20(10-31-26)24-7-21(36-12-19(8-30)13-36)17-39-28(24)25-11-33-34-29(25)35-39/h2-5,7,9-11,17,19,22-23H,6,12-16H2,1H3,(H,34,35). The fraction of sp³-hybridized carbons (Fsp3) is 0.345. The summed E-state index contributed by atoms with van der Waals surface area (Å²) in [6.45, 7) is 4.34. The highest BCUT2D eigenvalue weighted by Gasteiger charge is 2.44. The first kappa shape index (κ1) is 23.2. The minimum absolute atomic E-state index is 0.0797. The maximum atomic E-state index is 9.25. The number of nitrogens with one attached hydrogen (secondary N) is 1. The molecular formula is C29H28N10O. The number of methoxy groups -OCH3 is 1. The molecule has 4 aliphatic heterocycles. The number of nitrogens with zero attached hydrogens (tertiary/aromatic N) is 9. The van der Waals surface area contributed by atoms with E-state index in [0.29, 0.717) is 18.0 Å². The van der Waals surface area contributed by atoms with Gasteiger partial charge in [0.25, 0.3) is 0 Å². The third-order valence-corrected chi connectivity index (χ3v) is 8.64. The summed E-state index contributed by atoms with van der Waals surface area (Å²) in [7, 11) is 1.64. The molecule has 9 rings (SSSR count). The van der Waals surface area contributed by atoms with Gasteiger partial charge in [0.15, 0.2) is 5.65 Å². The molecule has 2 unspecified atom stereocenters. The van der Waals surface area contributed by atoms with Crippen LogP contribution in [0.3, 0.4) is 0 Å². The maximum Gasteiger partial charge on any atom is 0.212 e. The lowest BCUT2D eigenvalue weighted by Gasteiger charge is -2.56. The van der Waals surface area contributed by atoms with Gasteiger partial charge in [0, 0.05) is 74.4 Å². The van der Waals surface area contributed by atoms with E-state index in [9.17, 15) is 5.26 Å². The Morgan fingerprint density at radius 2 is 1.90 bits per heavy atom. The average molecular weight is 533 g/mol. The Kier molecular flexibility index (Phi) is 5.18. The van der Waals surface area contributed by atoms with Crippen molar-refractivity contribution in [1.82, 2.24) is 34.7 Å². The summed E-state index contributed by atoms with van der Waals surface area (Å²) in [5.74, 6) is 1.74. The molecule has 40 heavy (non-hydrogen) atoms. The topological polar surface area (TPSA) is 115 Å². The van der Waals surface area contributed by atoms with E-state index in [-0.39, 0.29) is 5.92 Å². The molecule has 0 saturated carbocycles. The van der Waals surface area contributed by atoms with Gasteiger partial charge in [-0.2, -0.15) is 10.4 Å². The number of pyridine rings is 3. The highest BCUT2D eigenvalue weighted by atomic mass is 16.5. The summed E-state index contributed by atoms with van der Waals surface area (Å²) in [5.41, 5.74) is 6.12. The summed E-state index contributed by atoms with van der Waals surface area (Å²) in [4.78, 5) is 16.5. The number of nitriles is 1. The van der Waals surface area contributed by atoms with Crippen LogP contribution in [0.25, 0.3) is 27.7 Å². The Hall–Kier alpha value is -4.69. The number of piperazine rings is 1. The summed E-state index contributed by atoms with van der Waals surface area (Å²) in [6.07, 6.45) is 8.98. The van der Waals surface area contributed by atoms with Crippen LogP contribution in [0.2, 0.25) is 0 Å². The lowest BCUT2D eigenvalue weighted by molar-refractivity contribution is -0.00876. The van der Waals surface area contributed by atoms with E-state index in [2.05, 4.69) is 60.2 Å². The van der Waals surface area contributed by atoms with Crippen molar-refractivity contribution in [2.45, 2.75) is 25.0 Å². The first-order valence-corrected chi connectivity index (χ1v) is 13.6. The van der Waals surface area contributed by atoms with Crippen LogP contribution >= 0.6 is 0 Å². The molecule has 200 valence electrons. The second-order valence-electron chi connectivity index (χ2n) is 11.0. The second kappa shape index (κ2) is 8.93. The quantitative estimate of drug-likeness (QED) is 0.352. The molecular weight excluding hydrogens is 504 g/mol. The summed E-state index contributed by atoms with van der Waals surface area (Å²) < 4.78 is 7.12. The molecule has 0 aliphatic carbocycles. The van der Waals surface area contributed by atoms with E-state index in [0.717, 1.165) is 71.9 Å². The first-order chi connectivity index (χ1) is 19.7. The number of fused-ring (bicyclic) bond motifs is 5. The van der Waals surface area contributed by atoms with Gasteiger partial charge in [0.2, 0.25) is 5.88 Å². The minimum Gasteiger partial charge on any atom is -0.481 e. The summed E-state index contributed by atoms with van der Waals surface area (Å²) in [6, 6.07) is 13.9. The monoisotopic (exact) mass is 532 g/mol. The number of anilines is 2. The largest absolute Gasteiger partial charge is 0.481 e. The zero-order valence-corrected chi connectivity index (χ0v) is 22.1. The van der Waals surface area contributed by atoms with Crippen molar-refractivity contribution in [2.75, 3.05) is 43.1 Å².